The van der Waals surface area contributed by atoms with Crippen molar-refractivity contribution in [3.63, 3.8) is 0 Å². The summed E-state index contributed by atoms with van der Waals surface area (Å²) < 4.78 is 16.2. The second kappa shape index (κ2) is 9.39. The number of rotatable bonds is 8. The molecule has 1 aromatic rings. The van der Waals surface area contributed by atoms with Crippen molar-refractivity contribution >= 4 is 27.9 Å². The Morgan fingerprint density at radius 2 is 1.76 bits per heavy atom. The van der Waals surface area contributed by atoms with Crippen LogP contribution in [-0.2, 0) is 19.1 Å². The first-order chi connectivity index (χ1) is 10.1. The third-order valence-corrected chi connectivity index (χ3v) is 3.11. The van der Waals surface area contributed by atoms with Gasteiger partial charge in [0, 0.05) is 10.9 Å². The molecule has 116 valence electrons. The van der Waals surface area contributed by atoms with Crippen molar-refractivity contribution in [1.82, 2.24) is 0 Å². The first kappa shape index (κ1) is 17.5. The molecule has 0 bridgehead atoms. The van der Waals surface area contributed by atoms with Gasteiger partial charge in [0.2, 0.25) is 0 Å². The van der Waals surface area contributed by atoms with E-state index in [1.807, 2.05) is 18.2 Å². The monoisotopic (exact) mass is 358 g/mol. The van der Waals surface area contributed by atoms with E-state index in [4.69, 9.17) is 14.2 Å². The first-order valence-corrected chi connectivity index (χ1v) is 7.59. The van der Waals surface area contributed by atoms with Crippen molar-refractivity contribution in [1.29, 1.82) is 0 Å². The molecule has 0 unspecified atom stereocenters. The zero-order chi connectivity index (χ0) is 15.7. The minimum Gasteiger partial charge on any atom is -0.494 e. The van der Waals surface area contributed by atoms with Crippen molar-refractivity contribution in [2.45, 2.75) is 20.3 Å². The lowest BCUT2D eigenvalue weighted by atomic mass is 10.1. The maximum atomic E-state index is 11.8. The molecule has 6 heteroatoms. The van der Waals surface area contributed by atoms with E-state index >= 15 is 0 Å². The van der Waals surface area contributed by atoms with Crippen molar-refractivity contribution in [3.05, 3.63) is 28.7 Å². The molecule has 21 heavy (non-hydrogen) atoms. The van der Waals surface area contributed by atoms with E-state index in [1.54, 1.807) is 19.9 Å². The molecule has 0 aliphatic heterocycles. The molecule has 0 saturated heterocycles. The summed E-state index contributed by atoms with van der Waals surface area (Å²) in [7, 11) is 0. The van der Waals surface area contributed by atoms with E-state index in [0.29, 0.717) is 5.75 Å². The molecule has 1 rings (SSSR count). The largest absolute Gasteiger partial charge is 0.494 e. The molecule has 1 aromatic carbocycles. The second-order valence-electron chi connectivity index (χ2n) is 4.15. The van der Waals surface area contributed by atoms with Crippen LogP contribution in [-0.4, -0.2) is 31.8 Å². The fourth-order valence-electron chi connectivity index (χ4n) is 1.67. The zero-order valence-corrected chi connectivity index (χ0v) is 13.7. The minimum absolute atomic E-state index is 0.212. The number of esters is 2. The number of hydrogen-bond donors (Lipinski definition) is 0. The normalized spacial score (nSPS) is 10.3. The smallest absolute Gasteiger partial charge is 0.320 e. The van der Waals surface area contributed by atoms with Gasteiger partial charge in [-0.05, 0) is 32.0 Å². The maximum absolute atomic E-state index is 11.8. The van der Waals surface area contributed by atoms with Crippen LogP contribution in [0.1, 0.15) is 20.3 Å². The van der Waals surface area contributed by atoms with Gasteiger partial charge < -0.3 is 14.2 Å². The highest BCUT2D eigenvalue weighted by Gasteiger charge is 2.29. The van der Waals surface area contributed by atoms with Gasteiger partial charge in [-0.1, -0.05) is 22.0 Å². The third-order valence-electron chi connectivity index (χ3n) is 2.61. The van der Waals surface area contributed by atoms with Crippen LogP contribution in [0.25, 0.3) is 0 Å². The summed E-state index contributed by atoms with van der Waals surface area (Å²) in [5.74, 6) is -1.43. The van der Waals surface area contributed by atoms with Crippen LogP contribution in [0.2, 0.25) is 0 Å². The lowest BCUT2D eigenvalue weighted by Gasteiger charge is -2.14. The number of carbonyl (C=O) groups is 2. The molecule has 0 amide bonds. The van der Waals surface area contributed by atoms with E-state index in [0.717, 1.165) is 4.47 Å². The molecule has 0 atom stereocenters. The summed E-state index contributed by atoms with van der Waals surface area (Å²) in [5.41, 5.74) is 0. The average molecular weight is 359 g/mol. The average Bonchev–Trinajstić information content (AvgIpc) is 2.44. The summed E-state index contributed by atoms with van der Waals surface area (Å²) in [4.78, 5) is 23.5. The van der Waals surface area contributed by atoms with Gasteiger partial charge in [-0.2, -0.15) is 0 Å². The van der Waals surface area contributed by atoms with Gasteiger partial charge in [-0.25, -0.2) is 0 Å². The standard InChI is InChI=1S/C15H19BrO5/c1-3-19-14(17)13(15(18)20-4-2)8-9-21-12-7-5-6-11(16)10-12/h5-7,10,13H,3-4,8-9H2,1-2H3. The molecule has 0 saturated carbocycles. The van der Waals surface area contributed by atoms with Crippen LogP contribution < -0.4 is 4.74 Å². The molecule has 0 spiro atoms. The molecule has 0 aliphatic rings. The number of carbonyl (C=O) groups excluding carboxylic acids is 2. The Hall–Kier alpha value is -1.56. The Labute approximate surface area is 132 Å². The molecule has 0 radical (unpaired) electrons. The Kier molecular flexibility index (Phi) is 7.82. The summed E-state index contributed by atoms with van der Waals surface area (Å²) in [5, 5.41) is 0. The molecule has 0 aliphatic carbocycles. The number of halogens is 1. The Morgan fingerprint density at radius 3 is 2.29 bits per heavy atom. The van der Waals surface area contributed by atoms with Gasteiger partial charge >= 0.3 is 11.9 Å². The molecule has 0 aromatic heterocycles. The topological polar surface area (TPSA) is 61.8 Å². The van der Waals surface area contributed by atoms with Gasteiger partial charge in [0.1, 0.15) is 5.75 Å². The van der Waals surface area contributed by atoms with Crippen LogP contribution in [0.5, 0.6) is 5.75 Å². The SMILES string of the molecule is CCOC(=O)C(CCOc1cccc(Br)c1)C(=O)OCC. The van der Waals surface area contributed by atoms with Crippen LogP contribution in [0, 0.1) is 5.92 Å². The van der Waals surface area contributed by atoms with Gasteiger partial charge in [0.05, 0.1) is 19.8 Å². The predicted molar refractivity (Wildman–Crippen MR) is 81.0 cm³/mol. The lowest BCUT2D eigenvalue weighted by molar-refractivity contribution is -0.162. The highest BCUT2D eigenvalue weighted by atomic mass is 79.9. The predicted octanol–water partition coefficient (Wildman–Crippen LogP) is 2.96. The molecular weight excluding hydrogens is 340 g/mol. The molecule has 0 heterocycles. The zero-order valence-electron chi connectivity index (χ0n) is 12.1. The van der Waals surface area contributed by atoms with Gasteiger partial charge in [-0.3, -0.25) is 9.59 Å². The van der Waals surface area contributed by atoms with Crippen molar-refractivity contribution < 1.29 is 23.8 Å². The van der Waals surface area contributed by atoms with Gasteiger partial charge in [0.15, 0.2) is 5.92 Å². The van der Waals surface area contributed by atoms with E-state index in [2.05, 4.69) is 15.9 Å². The molecule has 0 fully saturated rings. The van der Waals surface area contributed by atoms with E-state index < -0.39 is 17.9 Å². The van der Waals surface area contributed by atoms with E-state index in [9.17, 15) is 9.59 Å². The number of ether oxygens (including phenoxy) is 3. The molecule has 0 N–H and O–H groups in total. The van der Waals surface area contributed by atoms with Crippen molar-refractivity contribution in [2.24, 2.45) is 5.92 Å². The fraction of sp³-hybridized carbons (Fsp3) is 0.467. The van der Waals surface area contributed by atoms with Crippen LogP contribution in [0.4, 0.5) is 0 Å². The van der Waals surface area contributed by atoms with Crippen molar-refractivity contribution in [3.8, 4) is 5.75 Å². The highest BCUT2D eigenvalue weighted by molar-refractivity contribution is 9.10. The summed E-state index contributed by atoms with van der Waals surface area (Å²) >= 11 is 3.34. The van der Waals surface area contributed by atoms with E-state index in [1.165, 1.54) is 0 Å². The second-order valence-corrected chi connectivity index (χ2v) is 5.07. The minimum atomic E-state index is -0.947. The van der Waals surface area contributed by atoms with Crippen LogP contribution in [0.3, 0.4) is 0 Å². The fourth-order valence-corrected chi connectivity index (χ4v) is 2.05. The first-order valence-electron chi connectivity index (χ1n) is 6.80. The number of benzene rings is 1. The quantitative estimate of drug-likeness (QED) is 0.528. The summed E-state index contributed by atoms with van der Waals surface area (Å²) in [6, 6.07) is 7.33. The molecule has 5 nitrogen and oxygen atoms in total. The Balaban J connectivity index is 2.56. The number of hydrogen-bond acceptors (Lipinski definition) is 5. The third kappa shape index (κ3) is 6.16. The summed E-state index contributed by atoms with van der Waals surface area (Å²) in [6.45, 7) is 4.05. The van der Waals surface area contributed by atoms with Gasteiger partial charge in [0.25, 0.3) is 0 Å². The Morgan fingerprint density at radius 1 is 1.14 bits per heavy atom. The molecular formula is C15H19BrO5. The van der Waals surface area contributed by atoms with E-state index in [-0.39, 0.29) is 26.2 Å². The van der Waals surface area contributed by atoms with Gasteiger partial charge in [-0.15, -0.1) is 0 Å². The van der Waals surface area contributed by atoms with Crippen molar-refractivity contribution in [2.75, 3.05) is 19.8 Å². The van der Waals surface area contributed by atoms with Crippen LogP contribution >= 0.6 is 15.9 Å². The van der Waals surface area contributed by atoms with Crippen LogP contribution in [0.15, 0.2) is 28.7 Å². The maximum Gasteiger partial charge on any atom is 0.320 e. The summed E-state index contributed by atoms with van der Waals surface area (Å²) in [6.07, 6.45) is 0.212. The highest BCUT2D eigenvalue weighted by Crippen LogP contribution is 2.18. The Bertz CT molecular complexity index is 457. The lowest BCUT2D eigenvalue weighted by Crippen LogP contribution is -2.29.